The zero-order chi connectivity index (χ0) is 14.5. The van der Waals surface area contributed by atoms with Crippen molar-refractivity contribution in [2.75, 3.05) is 6.54 Å². The Kier molecular flexibility index (Phi) is 5.09. The van der Waals surface area contributed by atoms with E-state index < -0.39 is 0 Å². The molecule has 1 aliphatic rings. The van der Waals surface area contributed by atoms with Crippen molar-refractivity contribution < 1.29 is 4.74 Å². The van der Waals surface area contributed by atoms with Crippen molar-refractivity contribution >= 4 is 0 Å². The van der Waals surface area contributed by atoms with Crippen molar-refractivity contribution in [1.82, 2.24) is 0 Å². The number of benzene rings is 1. The fourth-order valence-electron chi connectivity index (χ4n) is 3.16. The summed E-state index contributed by atoms with van der Waals surface area (Å²) in [5, 5.41) is 0. The summed E-state index contributed by atoms with van der Waals surface area (Å²) in [6, 6.07) is 6.14. The van der Waals surface area contributed by atoms with Gasteiger partial charge in [0.05, 0.1) is 12.6 Å². The van der Waals surface area contributed by atoms with Crippen LogP contribution >= 0.6 is 0 Å². The molecular formula is C18H25NO. The molecule has 2 nitrogen and oxygen atoms in total. The van der Waals surface area contributed by atoms with Crippen LogP contribution in [0.25, 0.3) is 0 Å². The first-order valence-electron chi connectivity index (χ1n) is 7.54. The van der Waals surface area contributed by atoms with Crippen LogP contribution in [0.15, 0.2) is 18.2 Å². The molecule has 0 aliphatic heterocycles. The van der Waals surface area contributed by atoms with Crippen molar-refractivity contribution in [2.24, 2.45) is 17.6 Å². The highest BCUT2D eigenvalue weighted by molar-refractivity contribution is 5.44. The average Bonchev–Trinajstić information content (AvgIpc) is 2.36. The second kappa shape index (κ2) is 6.81. The van der Waals surface area contributed by atoms with E-state index in [1.54, 1.807) is 0 Å². The quantitative estimate of drug-likeness (QED) is 0.835. The number of hydrogen-bond acceptors (Lipinski definition) is 2. The van der Waals surface area contributed by atoms with Gasteiger partial charge in [-0.3, -0.25) is 0 Å². The lowest BCUT2D eigenvalue weighted by Crippen LogP contribution is -2.28. The molecule has 2 rings (SSSR count). The predicted octanol–water partition coefficient (Wildman–Crippen LogP) is 3.51. The lowest BCUT2D eigenvalue weighted by atomic mass is 9.82. The summed E-state index contributed by atoms with van der Waals surface area (Å²) in [6.45, 7) is 7.11. The zero-order valence-corrected chi connectivity index (χ0v) is 12.8. The molecule has 0 heterocycles. The molecule has 108 valence electrons. The van der Waals surface area contributed by atoms with Crippen LogP contribution in [-0.2, 0) is 0 Å². The summed E-state index contributed by atoms with van der Waals surface area (Å²) in [5.41, 5.74) is 7.60. The smallest absolute Gasteiger partial charge is 0.120 e. The molecule has 2 heteroatoms. The highest BCUT2D eigenvalue weighted by Crippen LogP contribution is 2.31. The Morgan fingerprint density at radius 3 is 2.50 bits per heavy atom. The number of nitrogens with two attached hydrogens (primary N) is 1. The van der Waals surface area contributed by atoms with Crippen LogP contribution in [0.2, 0.25) is 0 Å². The number of rotatable bonds is 2. The van der Waals surface area contributed by atoms with E-state index in [0.29, 0.717) is 12.6 Å². The molecule has 2 N–H and O–H groups in total. The fourth-order valence-corrected chi connectivity index (χ4v) is 3.16. The molecular weight excluding hydrogens is 246 g/mol. The topological polar surface area (TPSA) is 35.2 Å². The third kappa shape index (κ3) is 4.02. The first-order chi connectivity index (χ1) is 9.58. The van der Waals surface area contributed by atoms with Gasteiger partial charge in [0.15, 0.2) is 0 Å². The number of aryl methyl sites for hydroxylation is 1. The van der Waals surface area contributed by atoms with Gasteiger partial charge in [-0.2, -0.15) is 0 Å². The van der Waals surface area contributed by atoms with Gasteiger partial charge in [-0.25, -0.2) is 0 Å². The molecule has 20 heavy (non-hydrogen) atoms. The Morgan fingerprint density at radius 2 is 1.90 bits per heavy atom. The molecule has 0 amide bonds. The third-order valence-corrected chi connectivity index (χ3v) is 3.96. The molecule has 2 atom stereocenters. The van der Waals surface area contributed by atoms with E-state index in [9.17, 15) is 0 Å². The van der Waals surface area contributed by atoms with Gasteiger partial charge >= 0.3 is 0 Å². The van der Waals surface area contributed by atoms with Gasteiger partial charge in [0.25, 0.3) is 0 Å². The van der Waals surface area contributed by atoms with Gasteiger partial charge in [-0.15, -0.1) is 0 Å². The molecule has 1 fully saturated rings. The van der Waals surface area contributed by atoms with E-state index in [2.05, 4.69) is 38.7 Å². The monoisotopic (exact) mass is 271 g/mol. The summed E-state index contributed by atoms with van der Waals surface area (Å²) >= 11 is 0. The average molecular weight is 271 g/mol. The minimum Gasteiger partial charge on any atom is -0.490 e. The van der Waals surface area contributed by atoms with Gasteiger partial charge in [0, 0.05) is 5.56 Å². The number of ether oxygens (including phenoxy) is 1. The second-order valence-electron chi connectivity index (χ2n) is 6.14. The summed E-state index contributed by atoms with van der Waals surface area (Å²) < 4.78 is 6.16. The molecule has 1 aromatic rings. The first-order valence-corrected chi connectivity index (χ1v) is 7.54. The fraction of sp³-hybridized carbons (Fsp3) is 0.556. The van der Waals surface area contributed by atoms with E-state index in [4.69, 9.17) is 10.5 Å². The summed E-state index contributed by atoms with van der Waals surface area (Å²) in [4.78, 5) is 0. The van der Waals surface area contributed by atoms with Crippen molar-refractivity contribution in [1.29, 1.82) is 0 Å². The lowest BCUT2D eigenvalue weighted by Gasteiger charge is -2.31. The third-order valence-electron chi connectivity index (χ3n) is 3.96. The molecule has 0 radical (unpaired) electrons. The maximum atomic E-state index is 6.16. The van der Waals surface area contributed by atoms with E-state index in [1.807, 2.05) is 12.1 Å². The summed E-state index contributed by atoms with van der Waals surface area (Å²) in [6.07, 6.45) is 4.01. The highest BCUT2D eigenvalue weighted by Gasteiger charge is 2.25. The highest BCUT2D eigenvalue weighted by atomic mass is 16.5. The Labute approximate surface area is 122 Å². The van der Waals surface area contributed by atoms with Crippen LogP contribution < -0.4 is 10.5 Å². The van der Waals surface area contributed by atoms with Crippen LogP contribution in [0.5, 0.6) is 5.75 Å². The molecule has 2 unspecified atom stereocenters. The predicted molar refractivity (Wildman–Crippen MR) is 83.7 cm³/mol. The van der Waals surface area contributed by atoms with E-state index in [-0.39, 0.29) is 0 Å². The number of hydrogen-bond donors (Lipinski definition) is 1. The van der Waals surface area contributed by atoms with Gasteiger partial charge in [-0.05, 0) is 61.8 Å². The molecule has 0 spiro atoms. The standard InChI is InChI=1S/C18H25NO/c1-13-9-14(2)11-18(10-13)20-17-7-6-16(5-4-8-19)15(3)12-17/h6-7,12-14,18H,8-11,19H2,1-3H3. The minimum absolute atomic E-state index is 0.356. The van der Waals surface area contributed by atoms with Gasteiger partial charge in [-0.1, -0.05) is 25.7 Å². The molecule has 1 aromatic carbocycles. The lowest BCUT2D eigenvalue weighted by molar-refractivity contribution is 0.101. The first kappa shape index (κ1) is 14.9. The minimum atomic E-state index is 0.356. The van der Waals surface area contributed by atoms with Crippen molar-refractivity contribution in [3.05, 3.63) is 29.3 Å². The van der Waals surface area contributed by atoms with Gasteiger partial charge in [0.2, 0.25) is 0 Å². The van der Waals surface area contributed by atoms with E-state index >= 15 is 0 Å². The second-order valence-corrected chi connectivity index (χ2v) is 6.14. The van der Waals surface area contributed by atoms with Crippen LogP contribution in [-0.4, -0.2) is 12.6 Å². The normalized spacial score (nSPS) is 25.7. The SMILES string of the molecule is Cc1cc(OC2CC(C)CC(C)C2)ccc1C#CCN. The maximum Gasteiger partial charge on any atom is 0.120 e. The van der Waals surface area contributed by atoms with Crippen molar-refractivity contribution in [3.8, 4) is 17.6 Å². The van der Waals surface area contributed by atoms with E-state index in [1.165, 1.54) is 6.42 Å². The van der Waals surface area contributed by atoms with Crippen LogP contribution in [0.4, 0.5) is 0 Å². The zero-order valence-electron chi connectivity index (χ0n) is 12.8. The molecule has 0 aromatic heterocycles. The van der Waals surface area contributed by atoms with Crippen molar-refractivity contribution in [2.45, 2.75) is 46.1 Å². The largest absolute Gasteiger partial charge is 0.490 e. The van der Waals surface area contributed by atoms with Gasteiger partial charge in [0.1, 0.15) is 5.75 Å². The van der Waals surface area contributed by atoms with Crippen LogP contribution in [0.1, 0.15) is 44.2 Å². The summed E-state index contributed by atoms with van der Waals surface area (Å²) in [7, 11) is 0. The molecule has 1 aliphatic carbocycles. The van der Waals surface area contributed by atoms with Crippen LogP contribution in [0.3, 0.4) is 0 Å². The Bertz CT molecular complexity index is 502. The Hall–Kier alpha value is -1.46. The maximum absolute atomic E-state index is 6.16. The molecule has 1 saturated carbocycles. The van der Waals surface area contributed by atoms with Crippen LogP contribution in [0, 0.1) is 30.6 Å². The molecule has 0 saturated heterocycles. The summed E-state index contributed by atoms with van der Waals surface area (Å²) in [5.74, 6) is 8.47. The Morgan fingerprint density at radius 1 is 1.20 bits per heavy atom. The van der Waals surface area contributed by atoms with Gasteiger partial charge < -0.3 is 10.5 Å². The molecule has 0 bridgehead atoms. The Balaban J connectivity index is 2.05. The van der Waals surface area contributed by atoms with Crippen molar-refractivity contribution in [3.63, 3.8) is 0 Å². The van der Waals surface area contributed by atoms with E-state index in [0.717, 1.165) is 41.6 Å².